The fraction of sp³-hybridized carbons (Fsp3) is 0.148. The van der Waals surface area contributed by atoms with Crippen LogP contribution in [0.25, 0.3) is 11.1 Å². The average molecular weight is 497 g/mol. The molecule has 3 aromatic rings. The molecule has 1 unspecified atom stereocenters. The molecule has 0 spiro atoms. The lowest BCUT2D eigenvalue weighted by Crippen LogP contribution is -2.42. The van der Waals surface area contributed by atoms with Crippen LogP contribution in [-0.2, 0) is 16.0 Å². The summed E-state index contributed by atoms with van der Waals surface area (Å²) in [4.78, 5) is 24.3. The number of carboxylic acids is 1. The number of nitrogens with zero attached hydrogens (tertiary/aromatic N) is 2. The number of nitriles is 1. The van der Waals surface area contributed by atoms with Crippen LogP contribution in [-0.4, -0.2) is 41.4 Å². The second kappa shape index (κ2) is 11.0. The summed E-state index contributed by atoms with van der Waals surface area (Å²) in [6, 6.07) is 23.0. The van der Waals surface area contributed by atoms with Gasteiger partial charge in [0.1, 0.15) is 18.7 Å². The van der Waals surface area contributed by atoms with Gasteiger partial charge in [-0.3, -0.25) is 10.8 Å². The molecular formula is C27H24N6O4. The topological polar surface area (TPSA) is 174 Å². The van der Waals surface area contributed by atoms with Crippen molar-refractivity contribution in [2.75, 3.05) is 12.0 Å². The zero-order valence-corrected chi connectivity index (χ0v) is 19.6. The van der Waals surface area contributed by atoms with Gasteiger partial charge in [0.2, 0.25) is 5.71 Å². The summed E-state index contributed by atoms with van der Waals surface area (Å²) in [5.74, 6) is -1.79. The number of hydrogen-bond donors (Lipinski definition) is 5. The van der Waals surface area contributed by atoms with Gasteiger partial charge in [-0.05, 0) is 39.9 Å². The first-order chi connectivity index (χ1) is 17.9. The third-order valence-electron chi connectivity index (χ3n) is 5.99. The maximum atomic E-state index is 12.5. The Hall–Kier alpha value is -5.17. The fourth-order valence-electron chi connectivity index (χ4n) is 4.20. The van der Waals surface area contributed by atoms with Crippen molar-refractivity contribution in [2.45, 2.75) is 18.4 Å². The Balaban J connectivity index is 1.36. The van der Waals surface area contributed by atoms with Crippen LogP contribution in [0.4, 0.5) is 10.5 Å². The summed E-state index contributed by atoms with van der Waals surface area (Å²) < 4.78 is 5.47. The Morgan fingerprint density at radius 1 is 1.05 bits per heavy atom. The number of benzene rings is 3. The lowest BCUT2D eigenvalue weighted by atomic mass is 9.98. The molecule has 37 heavy (non-hydrogen) atoms. The van der Waals surface area contributed by atoms with Crippen molar-refractivity contribution in [3.8, 4) is 17.2 Å². The molecule has 0 saturated heterocycles. The van der Waals surface area contributed by atoms with Crippen LogP contribution in [0.2, 0.25) is 0 Å². The number of hydrazone groups is 1. The van der Waals surface area contributed by atoms with Gasteiger partial charge in [-0.1, -0.05) is 60.7 Å². The lowest BCUT2D eigenvalue weighted by molar-refractivity contribution is -0.139. The molecule has 1 amide bonds. The third-order valence-corrected chi connectivity index (χ3v) is 5.99. The van der Waals surface area contributed by atoms with E-state index in [1.165, 1.54) is 0 Å². The predicted molar refractivity (Wildman–Crippen MR) is 138 cm³/mol. The second-order valence-corrected chi connectivity index (χ2v) is 8.36. The molecule has 3 aromatic carbocycles. The first-order valence-electron chi connectivity index (χ1n) is 11.4. The van der Waals surface area contributed by atoms with E-state index in [1.54, 1.807) is 30.3 Å². The van der Waals surface area contributed by atoms with Gasteiger partial charge in [-0.15, -0.1) is 0 Å². The van der Waals surface area contributed by atoms with Gasteiger partial charge < -0.3 is 20.9 Å². The van der Waals surface area contributed by atoms with E-state index in [4.69, 9.17) is 21.1 Å². The van der Waals surface area contributed by atoms with E-state index >= 15 is 0 Å². The quantitative estimate of drug-likeness (QED) is 0.171. The highest BCUT2D eigenvalue weighted by molar-refractivity contribution is 6.45. The first-order valence-corrected chi connectivity index (χ1v) is 11.4. The molecule has 10 nitrogen and oxygen atoms in total. The number of alkyl carbamates (subject to hydrolysis) is 1. The molecule has 186 valence electrons. The molecule has 0 aromatic heterocycles. The number of nitrogens with one attached hydrogen (secondary N) is 3. The van der Waals surface area contributed by atoms with Gasteiger partial charge in [0.15, 0.2) is 5.84 Å². The number of fused-ring (bicyclic) bond motifs is 3. The number of rotatable bonds is 9. The van der Waals surface area contributed by atoms with E-state index in [-0.39, 0.29) is 24.7 Å². The smallest absolute Gasteiger partial charge is 0.407 e. The molecular weight excluding hydrogens is 472 g/mol. The minimum Gasteiger partial charge on any atom is -0.480 e. The van der Waals surface area contributed by atoms with Gasteiger partial charge >= 0.3 is 12.1 Å². The van der Waals surface area contributed by atoms with Crippen molar-refractivity contribution in [2.24, 2.45) is 10.8 Å². The summed E-state index contributed by atoms with van der Waals surface area (Å²) in [6.07, 6.45) is -0.782. The molecule has 0 radical (unpaired) electrons. The summed E-state index contributed by atoms with van der Waals surface area (Å²) in [6.45, 7) is 0.0814. The molecule has 0 heterocycles. The van der Waals surface area contributed by atoms with Crippen LogP contribution >= 0.6 is 0 Å². The minimum absolute atomic E-state index is 0.0277. The third kappa shape index (κ3) is 5.74. The van der Waals surface area contributed by atoms with Crippen LogP contribution in [0.5, 0.6) is 0 Å². The van der Waals surface area contributed by atoms with Crippen LogP contribution in [0.15, 0.2) is 77.9 Å². The SMILES string of the molecule is N#C/C(=N\Nc1ccc(CC(NC(=O)OCC2c3ccccc3-c3ccccc32)C(=O)O)cc1)C(=N)N. The van der Waals surface area contributed by atoms with Gasteiger partial charge in [0.05, 0.1) is 5.69 Å². The molecule has 6 N–H and O–H groups in total. The highest BCUT2D eigenvalue weighted by Gasteiger charge is 2.29. The summed E-state index contributed by atoms with van der Waals surface area (Å²) >= 11 is 0. The van der Waals surface area contributed by atoms with E-state index in [2.05, 4.69) is 15.8 Å². The van der Waals surface area contributed by atoms with Gasteiger partial charge in [-0.25, -0.2) is 9.59 Å². The van der Waals surface area contributed by atoms with Gasteiger partial charge in [0, 0.05) is 12.3 Å². The van der Waals surface area contributed by atoms with Crippen molar-refractivity contribution in [1.82, 2.24) is 5.32 Å². The number of anilines is 1. The molecule has 4 rings (SSSR count). The molecule has 1 atom stereocenters. The number of amidine groups is 1. The monoisotopic (exact) mass is 496 g/mol. The normalized spacial score (nSPS) is 13.0. The second-order valence-electron chi connectivity index (χ2n) is 8.36. The fourth-order valence-corrected chi connectivity index (χ4v) is 4.20. The molecule has 10 heteroatoms. The van der Waals surface area contributed by atoms with E-state index in [9.17, 15) is 14.7 Å². The number of carboxylic acid groups (broad SMARTS) is 1. The highest BCUT2D eigenvalue weighted by Crippen LogP contribution is 2.44. The van der Waals surface area contributed by atoms with Crippen molar-refractivity contribution >= 4 is 29.3 Å². The standard InChI is InChI=1S/C27H24N6O4/c28-14-24(25(29)30)33-32-17-11-9-16(10-12-17)13-23(26(34)35)31-27(36)37-15-22-20-7-3-1-5-18(20)19-6-2-4-8-21(19)22/h1-12,22-23,32H,13,15H2,(H3,29,30)(H,31,36)(H,34,35)/b33-24+. The first kappa shape index (κ1) is 24.9. The van der Waals surface area contributed by atoms with Crippen LogP contribution in [0.1, 0.15) is 22.6 Å². The predicted octanol–water partition coefficient (Wildman–Crippen LogP) is 3.45. The molecule has 1 aliphatic carbocycles. The lowest BCUT2D eigenvalue weighted by Gasteiger charge is -2.17. The number of carbonyl (C=O) groups is 2. The molecule has 0 fully saturated rings. The summed E-state index contributed by atoms with van der Waals surface area (Å²) in [5.41, 5.74) is 13.1. The van der Waals surface area contributed by atoms with E-state index in [1.807, 2.05) is 48.5 Å². The number of amides is 1. The van der Waals surface area contributed by atoms with Gasteiger partial charge in [0.25, 0.3) is 0 Å². The summed E-state index contributed by atoms with van der Waals surface area (Å²) in [5, 5.41) is 32.0. The Labute approximate surface area is 212 Å². The maximum absolute atomic E-state index is 12.5. The minimum atomic E-state index is -1.20. The van der Waals surface area contributed by atoms with E-state index in [0.717, 1.165) is 22.3 Å². The Bertz CT molecular complexity index is 1370. The highest BCUT2D eigenvalue weighted by atomic mass is 16.5. The van der Waals surface area contributed by atoms with E-state index in [0.29, 0.717) is 11.3 Å². The Kier molecular flexibility index (Phi) is 7.45. The Morgan fingerprint density at radius 2 is 1.65 bits per heavy atom. The van der Waals surface area contributed by atoms with Crippen LogP contribution in [0, 0.1) is 16.7 Å². The summed E-state index contributed by atoms with van der Waals surface area (Å²) in [7, 11) is 0. The molecule has 0 saturated carbocycles. The zero-order valence-electron chi connectivity index (χ0n) is 19.6. The van der Waals surface area contributed by atoms with Crippen molar-refractivity contribution in [1.29, 1.82) is 10.7 Å². The largest absolute Gasteiger partial charge is 0.480 e. The van der Waals surface area contributed by atoms with Gasteiger partial charge in [-0.2, -0.15) is 10.4 Å². The van der Waals surface area contributed by atoms with Crippen LogP contribution < -0.4 is 16.5 Å². The number of ether oxygens (including phenoxy) is 1. The van der Waals surface area contributed by atoms with E-state index < -0.39 is 23.9 Å². The van der Waals surface area contributed by atoms with Crippen molar-refractivity contribution in [3.05, 3.63) is 89.5 Å². The van der Waals surface area contributed by atoms with Crippen molar-refractivity contribution in [3.63, 3.8) is 0 Å². The Morgan fingerprint density at radius 3 is 2.19 bits per heavy atom. The number of aliphatic carboxylic acids is 1. The molecule has 0 bridgehead atoms. The number of nitrogens with two attached hydrogens (primary N) is 1. The van der Waals surface area contributed by atoms with Crippen molar-refractivity contribution < 1.29 is 19.4 Å². The van der Waals surface area contributed by atoms with Crippen LogP contribution in [0.3, 0.4) is 0 Å². The molecule has 1 aliphatic rings. The number of hydrogen-bond acceptors (Lipinski definition) is 7. The number of carbonyl (C=O) groups excluding carboxylic acids is 1. The molecule has 0 aliphatic heterocycles. The zero-order chi connectivity index (χ0) is 26.4. The maximum Gasteiger partial charge on any atom is 0.407 e. The average Bonchev–Trinajstić information content (AvgIpc) is 3.22.